The molecule has 3 N–H and O–H groups in total. The van der Waals surface area contributed by atoms with E-state index in [0.29, 0.717) is 10.5 Å². The summed E-state index contributed by atoms with van der Waals surface area (Å²) in [5.41, 5.74) is 7.10. The number of fused-ring (bicyclic) bond motifs is 1. The van der Waals surface area contributed by atoms with Gasteiger partial charge in [0, 0.05) is 16.8 Å². The van der Waals surface area contributed by atoms with Gasteiger partial charge in [0.1, 0.15) is 11.7 Å². The predicted octanol–water partition coefficient (Wildman–Crippen LogP) is 2.71. The molecular formula is C19H16ClN3O2. The number of carbonyl (C=O) groups is 2. The minimum atomic E-state index is -0.874. The number of pyridine rings is 1. The second-order valence-corrected chi connectivity index (χ2v) is 6.02. The number of benzene rings is 2. The van der Waals surface area contributed by atoms with Crippen molar-refractivity contribution in [2.75, 3.05) is 0 Å². The van der Waals surface area contributed by atoms with E-state index in [4.69, 9.17) is 17.3 Å². The molecule has 0 saturated heterocycles. The Kier molecular flexibility index (Phi) is 4.95. The number of hydrogen-bond acceptors (Lipinski definition) is 3. The van der Waals surface area contributed by atoms with Gasteiger partial charge in [0.15, 0.2) is 0 Å². The van der Waals surface area contributed by atoms with Crippen molar-refractivity contribution < 1.29 is 9.59 Å². The molecule has 3 rings (SSSR count). The zero-order valence-corrected chi connectivity index (χ0v) is 14.0. The maximum atomic E-state index is 12.5. The Labute approximate surface area is 149 Å². The summed E-state index contributed by atoms with van der Waals surface area (Å²) in [4.78, 5) is 28.5. The molecule has 0 spiro atoms. The van der Waals surface area contributed by atoms with Crippen molar-refractivity contribution in [2.24, 2.45) is 5.73 Å². The molecule has 1 heterocycles. The van der Waals surface area contributed by atoms with Crippen molar-refractivity contribution in [3.63, 3.8) is 0 Å². The molecule has 25 heavy (non-hydrogen) atoms. The predicted molar refractivity (Wildman–Crippen MR) is 97.3 cm³/mol. The number of primary amides is 1. The zero-order valence-electron chi connectivity index (χ0n) is 13.3. The van der Waals surface area contributed by atoms with E-state index < -0.39 is 17.9 Å². The highest BCUT2D eigenvalue weighted by Crippen LogP contribution is 2.17. The van der Waals surface area contributed by atoms with Crippen molar-refractivity contribution in [1.29, 1.82) is 0 Å². The summed E-state index contributed by atoms with van der Waals surface area (Å²) in [5.74, 6) is -1.09. The Morgan fingerprint density at radius 3 is 2.52 bits per heavy atom. The molecule has 2 aromatic carbocycles. The van der Waals surface area contributed by atoms with Gasteiger partial charge in [-0.05, 0) is 23.8 Å². The number of hydrogen-bond donors (Lipinski definition) is 2. The average Bonchev–Trinajstić information content (AvgIpc) is 2.62. The molecule has 0 aliphatic heterocycles. The van der Waals surface area contributed by atoms with Gasteiger partial charge >= 0.3 is 0 Å². The van der Waals surface area contributed by atoms with Gasteiger partial charge in [-0.25, -0.2) is 4.98 Å². The summed E-state index contributed by atoms with van der Waals surface area (Å²) in [7, 11) is 0. The molecule has 0 aliphatic carbocycles. The van der Waals surface area contributed by atoms with Crippen LogP contribution in [-0.4, -0.2) is 22.8 Å². The summed E-state index contributed by atoms with van der Waals surface area (Å²) in [6.07, 6.45) is 0.217. The number of carbonyl (C=O) groups excluding carboxylic acids is 2. The topological polar surface area (TPSA) is 85.1 Å². The van der Waals surface area contributed by atoms with Crippen molar-refractivity contribution in [3.8, 4) is 0 Å². The Bertz CT molecular complexity index is 943. The first kappa shape index (κ1) is 16.9. The first-order valence-electron chi connectivity index (χ1n) is 7.74. The third-order valence-corrected chi connectivity index (χ3v) is 4.23. The Balaban J connectivity index is 1.80. The second kappa shape index (κ2) is 7.32. The van der Waals surface area contributed by atoms with Crippen LogP contribution in [0.25, 0.3) is 10.9 Å². The molecular weight excluding hydrogens is 338 g/mol. The molecule has 126 valence electrons. The van der Waals surface area contributed by atoms with Crippen LogP contribution in [0.3, 0.4) is 0 Å². The van der Waals surface area contributed by atoms with E-state index in [1.165, 1.54) is 0 Å². The lowest BCUT2D eigenvalue weighted by Crippen LogP contribution is -2.46. The fraction of sp³-hybridized carbons (Fsp3) is 0.105. The Morgan fingerprint density at radius 2 is 1.76 bits per heavy atom. The second-order valence-electron chi connectivity index (χ2n) is 5.61. The summed E-state index contributed by atoms with van der Waals surface area (Å²) < 4.78 is 0. The van der Waals surface area contributed by atoms with Crippen LogP contribution < -0.4 is 11.1 Å². The largest absolute Gasteiger partial charge is 0.368 e. The number of rotatable bonds is 5. The highest BCUT2D eigenvalue weighted by Gasteiger charge is 2.21. The molecule has 0 saturated carbocycles. The molecule has 3 aromatic rings. The molecule has 0 radical (unpaired) electrons. The summed E-state index contributed by atoms with van der Waals surface area (Å²) in [6, 6.07) is 17.2. The maximum absolute atomic E-state index is 12.5. The van der Waals surface area contributed by atoms with Crippen molar-refractivity contribution in [3.05, 3.63) is 76.9 Å². The van der Waals surface area contributed by atoms with Gasteiger partial charge in [-0.1, -0.05) is 54.1 Å². The molecule has 1 aromatic heterocycles. The standard InChI is InChI=1S/C19H16ClN3O2/c20-14-7-3-1-6-13(14)11-17(18(21)24)23-19(25)16-10-9-12-5-2-4-8-15(12)22-16/h1-10,17H,11H2,(H2,21,24)(H,23,25)/t17-/m1/s1. The normalized spacial score (nSPS) is 11.9. The van der Waals surface area contributed by atoms with E-state index in [0.717, 1.165) is 10.9 Å². The first-order valence-corrected chi connectivity index (χ1v) is 8.12. The molecule has 0 unspecified atom stereocenters. The van der Waals surface area contributed by atoms with E-state index >= 15 is 0 Å². The smallest absolute Gasteiger partial charge is 0.270 e. The van der Waals surface area contributed by atoms with Crippen LogP contribution in [0, 0.1) is 0 Å². The van der Waals surface area contributed by atoms with E-state index in [1.54, 1.807) is 24.3 Å². The number of nitrogens with two attached hydrogens (primary N) is 1. The molecule has 2 amide bonds. The third kappa shape index (κ3) is 3.95. The van der Waals surface area contributed by atoms with Gasteiger partial charge in [0.2, 0.25) is 5.91 Å². The SMILES string of the molecule is NC(=O)[C@@H](Cc1ccccc1Cl)NC(=O)c1ccc2ccccc2n1. The van der Waals surface area contributed by atoms with Crippen LogP contribution in [0.1, 0.15) is 16.1 Å². The van der Waals surface area contributed by atoms with Gasteiger partial charge in [0.05, 0.1) is 5.52 Å². The molecule has 0 fully saturated rings. The zero-order chi connectivity index (χ0) is 17.8. The average molecular weight is 354 g/mol. The highest BCUT2D eigenvalue weighted by atomic mass is 35.5. The van der Waals surface area contributed by atoms with E-state index in [9.17, 15) is 9.59 Å². The van der Waals surface area contributed by atoms with Gasteiger partial charge in [-0.3, -0.25) is 9.59 Å². The van der Waals surface area contributed by atoms with Gasteiger partial charge < -0.3 is 11.1 Å². The fourth-order valence-corrected chi connectivity index (χ4v) is 2.74. The molecule has 1 atom stereocenters. The Hall–Kier alpha value is -2.92. The summed E-state index contributed by atoms with van der Waals surface area (Å²) in [5, 5.41) is 4.09. The molecule has 5 nitrogen and oxygen atoms in total. The number of nitrogens with zero attached hydrogens (tertiary/aromatic N) is 1. The quantitative estimate of drug-likeness (QED) is 0.739. The number of halogens is 1. The van der Waals surface area contributed by atoms with Crippen LogP contribution in [0.5, 0.6) is 0 Å². The van der Waals surface area contributed by atoms with Gasteiger partial charge in [-0.2, -0.15) is 0 Å². The number of para-hydroxylation sites is 1. The van der Waals surface area contributed by atoms with Crippen LogP contribution in [0.2, 0.25) is 5.02 Å². The Morgan fingerprint density at radius 1 is 1.04 bits per heavy atom. The fourth-order valence-electron chi connectivity index (χ4n) is 2.53. The van der Waals surface area contributed by atoms with Gasteiger partial charge in [-0.15, -0.1) is 0 Å². The minimum absolute atomic E-state index is 0.217. The van der Waals surface area contributed by atoms with Crippen LogP contribution in [0.4, 0.5) is 0 Å². The molecule has 6 heteroatoms. The number of aromatic nitrogens is 1. The lowest BCUT2D eigenvalue weighted by atomic mass is 10.1. The van der Waals surface area contributed by atoms with Crippen molar-refractivity contribution in [2.45, 2.75) is 12.5 Å². The molecule has 0 bridgehead atoms. The summed E-state index contributed by atoms with van der Waals surface area (Å²) in [6.45, 7) is 0. The van der Waals surface area contributed by atoms with Crippen LogP contribution >= 0.6 is 11.6 Å². The van der Waals surface area contributed by atoms with Crippen LogP contribution in [0.15, 0.2) is 60.7 Å². The van der Waals surface area contributed by atoms with Crippen molar-refractivity contribution in [1.82, 2.24) is 10.3 Å². The third-order valence-electron chi connectivity index (χ3n) is 3.86. The number of amides is 2. The number of nitrogens with one attached hydrogen (secondary N) is 1. The molecule has 0 aliphatic rings. The first-order chi connectivity index (χ1) is 12.0. The van der Waals surface area contributed by atoms with Crippen LogP contribution in [-0.2, 0) is 11.2 Å². The van der Waals surface area contributed by atoms with E-state index in [2.05, 4.69) is 10.3 Å². The van der Waals surface area contributed by atoms with Gasteiger partial charge in [0.25, 0.3) is 5.91 Å². The lowest BCUT2D eigenvalue weighted by molar-refractivity contribution is -0.119. The lowest BCUT2D eigenvalue weighted by Gasteiger charge is -2.16. The van der Waals surface area contributed by atoms with E-state index in [-0.39, 0.29) is 12.1 Å². The minimum Gasteiger partial charge on any atom is -0.368 e. The maximum Gasteiger partial charge on any atom is 0.270 e. The highest BCUT2D eigenvalue weighted by molar-refractivity contribution is 6.31. The van der Waals surface area contributed by atoms with Crippen molar-refractivity contribution >= 4 is 34.3 Å². The van der Waals surface area contributed by atoms with E-state index in [1.807, 2.05) is 36.4 Å². The summed E-state index contributed by atoms with van der Waals surface area (Å²) >= 11 is 6.11. The monoisotopic (exact) mass is 353 g/mol.